The van der Waals surface area contributed by atoms with Gasteiger partial charge in [0.1, 0.15) is 17.1 Å². The number of fused-ring (bicyclic) bond motifs is 1. The van der Waals surface area contributed by atoms with Crippen LogP contribution in [-0.4, -0.2) is 37.0 Å². The molecule has 5 rings (SSSR count). The van der Waals surface area contributed by atoms with Crippen LogP contribution in [0.2, 0.25) is 0 Å². The molecular weight excluding hydrogens is 514 g/mol. The minimum atomic E-state index is -0.403. The molecule has 3 aromatic heterocycles. The molecule has 3 heterocycles. The van der Waals surface area contributed by atoms with Crippen LogP contribution in [0, 0.1) is 0 Å². The molecule has 11 heteroatoms. The average molecular weight is 542 g/mol. The van der Waals surface area contributed by atoms with Crippen LogP contribution >= 0.6 is 11.8 Å². The molecule has 10 nitrogen and oxygen atoms in total. The lowest BCUT2D eigenvalue weighted by Gasteiger charge is -2.14. The van der Waals surface area contributed by atoms with Gasteiger partial charge < -0.3 is 15.0 Å². The molecule has 0 spiro atoms. The minimum Gasteiger partial charge on any atom is -0.455 e. The van der Waals surface area contributed by atoms with Crippen molar-refractivity contribution in [2.45, 2.75) is 31.1 Å². The Morgan fingerprint density at radius 3 is 2.56 bits per heavy atom. The fourth-order valence-corrected chi connectivity index (χ4v) is 4.42. The summed E-state index contributed by atoms with van der Waals surface area (Å²) < 4.78 is 7.77. The zero-order valence-corrected chi connectivity index (χ0v) is 22.7. The highest BCUT2D eigenvalue weighted by Crippen LogP contribution is 2.33. The number of nitrogens with one attached hydrogen (secondary N) is 3. The van der Waals surface area contributed by atoms with Crippen molar-refractivity contribution in [2.24, 2.45) is 0 Å². The van der Waals surface area contributed by atoms with Crippen LogP contribution in [0.1, 0.15) is 26.5 Å². The van der Waals surface area contributed by atoms with E-state index in [4.69, 9.17) is 9.84 Å². The normalized spacial score (nSPS) is 11.4. The zero-order valence-electron chi connectivity index (χ0n) is 21.9. The van der Waals surface area contributed by atoms with Gasteiger partial charge in [0, 0.05) is 28.6 Å². The molecule has 3 N–H and O–H groups in total. The third-order valence-corrected chi connectivity index (χ3v) is 6.59. The molecule has 0 aliphatic heterocycles. The van der Waals surface area contributed by atoms with Gasteiger partial charge in [-0.25, -0.2) is 19.4 Å². The molecule has 2 amide bonds. The quantitative estimate of drug-likeness (QED) is 0.226. The predicted molar refractivity (Wildman–Crippen MR) is 153 cm³/mol. The molecule has 0 atom stereocenters. The number of nitrogens with zero attached hydrogens (tertiary/aromatic N) is 4. The second-order valence-corrected chi connectivity index (χ2v) is 10.6. The Morgan fingerprint density at radius 2 is 1.82 bits per heavy atom. The molecule has 2 aromatic carbocycles. The maximum atomic E-state index is 13.1. The van der Waals surface area contributed by atoms with E-state index in [0.717, 1.165) is 16.3 Å². The fraction of sp³-hybridized carbons (Fsp3) is 0.179. The van der Waals surface area contributed by atoms with Gasteiger partial charge in [0.15, 0.2) is 11.4 Å². The summed E-state index contributed by atoms with van der Waals surface area (Å²) in [5, 5.41) is 10.6. The van der Waals surface area contributed by atoms with Crippen LogP contribution in [0.5, 0.6) is 11.5 Å². The molecule has 198 valence electrons. The van der Waals surface area contributed by atoms with E-state index < -0.39 is 6.03 Å². The monoisotopic (exact) mass is 541 g/mol. The molecular formula is C28H27N7O3S. The number of anilines is 2. The lowest BCUT2D eigenvalue weighted by molar-refractivity contribution is 0.262. The first-order chi connectivity index (χ1) is 18.7. The van der Waals surface area contributed by atoms with Crippen molar-refractivity contribution in [3.05, 3.63) is 89.1 Å². The summed E-state index contributed by atoms with van der Waals surface area (Å²) in [7, 11) is 0. The van der Waals surface area contributed by atoms with Crippen LogP contribution in [0.25, 0.3) is 16.9 Å². The molecule has 0 fully saturated rings. The Hall–Kier alpha value is -4.64. The molecule has 39 heavy (non-hydrogen) atoms. The number of rotatable bonds is 6. The summed E-state index contributed by atoms with van der Waals surface area (Å²) in [5.74, 6) is 1.50. The standard InChI is InChI=1S/C28H27N7O3S/c1-28(2,3)22-15-23(35(34-22)17-8-6-5-7-9-17)32-27(37)31-19-11-10-18(14-21(19)39-4)38-20-12-13-29-26-25(20)33-24(36)16-30-26/h5-16H,1-4H3,(H,33,36)(H2,31,32,37). The van der Waals surface area contributed by atoms with Gasteiger partial charge in [0.05, 0.1) is 23.3 Å². The molecule has 0 aliphatic carbocycles. The van der Waals surface area contributed by atoms with E-state index in [9.17, 15) is 9.59 Å². The van der Waals surface area contributed by atoms with Crippen LogP contribution in [0.15, 0.2) is 82.7 Å². The number of amides is 2. The highest BCUT2D eigenvalue weighted by atomic mass is 32.2. The minimum absolute atomic E-state index is 0.196. The zero-order chi connectivity index (χ0) is 27.6. The first-order valence-corrected chi connectivity index (χ1v) is 13.4. The van der Waals surface area contributed by atoms with Gasteiger partial charge in [-0.3, -0.25) is 10.1 Å². The number of thioether (sulfide) groups is 1. The van der Waals surface area contributed by atoms with E-state index in [2.05, 4.69) is 46.4 Å². The third kappa shape index (κ3) is 5.78. The van der Waals surface area contributed by atoms with Crippen molar-refractivity contribution in [1.29, 1.82) is 0 Å². The summed E-state index contributed by atoms with van der Waals surface area (Å²) in [5.41, 5.74) is 2.54. The molecule has 0 aliphatic rings. The Kier molecular flexibility index (Phi) is 7.07. The van der Waals surface area contributed by atoms with Gasteiger partial charge in [-0.1, -0.05) is 39.0 Å². The summed E-state index contributed by atoms with van der Waals surface area (Å²) in [6, 6.07) is 18.1. The SMILES string of the molecule is CSc1cc(Oc2ccnc3ncc(=O)[nH]c23)ccc1NC(=O)Nc1cc(C(C)(C)C)nn1-c1ccccc1. The molecule has 5 aromatic rings. The number of hydrogen-bond donors (Lipinski definition) is 3. The van der Waals surface area contributed by atoms with Crippen LogP contribution in [0.4, 0.5) is 16.3 Å². The molecule has 0 bridgehead atoms. The topological polar surface area (TPSA) is 127 Å². The summed E-state index contributed by atoms with van der Waals surface area (Å²) in [4.78, 5) is 36.6. The first-order valence-electron chi connectivity index (χ1n) is 12.2. The number of para-hydroxylation sites is 1. The number of hydrogen-bond acceptors (Lipinski definition) is 7. The van der Waals surface area contributed by atoms with Crippen molar-refractivity contribution < 1.29 is 9.53 Å². The summed E-state index contributed by atoms with van der Waals surface area (Å²) >= 11 is 1.46. The van der Waals surface area contributed by atoms with Crippen LogP contribution in [0.3, 0.4) is 0 Å². The lowest BCUT2D eigenvalue weighted by Crippen LogP contribution is -2.21. The molecule has 0 saturated heterocycles. The van der Waals surface area contributed by atoms with Crippen molar-refractivity contribution in [1.82, 2.24) is 24.7 Å². The van der Waals surface area contributed by atoms with Crippen molar-refractivity contribution in [2.75, 3.05) is 16.9 Å². The van der Waals surface area contributed by atoms with Crippen molar-refractivity contribution in [3.63, 3.8) is 0 Å². The maximum absolute atomic E-state index is 13.1. The van der Waals surface area contributed by atoms with E-state index >= 15 is 0 Å². The van der Waals surface area contributed by atoms with Gasteiger partial charge in [-0.05, 0) is 36.6 Å². The predicted octanol–water partition coefficient (Wildman–Crippen LogP) is 5.96. The van der Waals surface area contributed by atoms with Crippen LogP contribution in [-0.2, 0) is 5.41 Å². The number of carbonyl (C=O) groups is 1. The number of benzene rings is 2. The number of ether oxygens (including phenoxy) is 1. The number of aromatic nitrogens is 5. The van der Waals surface area contributed by atoms with Crippen molar-refractivity contribution in [3.8, 4) is 17.2 Å². The highest BCUT2D eigenvalue weighted by molar-refractivity contribution is 7.98. The molecule has 0 unspecified atom stereocenters. The Labute approximate surface area is 228 Å². The smallest absolute Gasteiger partial charge is 0.324 e. The van der Waals surface area contributed by atoms with E-state index in [1.54, 1.807) is 29.1 Å². The number of carbonyl (C=O) groups excluding carboxylic acids is 1. The van der Waals surface area contributed by atoms with E-state index in [-0.39, 0.29) is 11.0 Å². The number of urea groups is 1. The van der Waals surface area contributed by atoms with E-state index in [1.807, 2.05) is 48.7 Å². The number of pyridine rings is 1. The van der Waals surface area contributed by atoms with Gasteiger partial charge in [-0.15, -0.1) is 11.8 Å². The maximum Gasteiger partial charge on any atom is 0.324 e. The highest BCUT2D eigenvalue weighted by Gasteiger charge is 2.22. The number of H-pyrrole nitrogens is 1. The Morgan fingerprint density at radius 1 is 1.03 bits per heavy atom. The van der Waals surface area contributed by atoms with E-state index in [0.29, 0.717) is 34.2 Å². The molecule has 0 saturated carbocycles. The van der Waals surface area contributed by atoms with E-state index in [1.165, 1.54) is 18.0 Å². The Bertz CT molecular complexity index is 1710. The van der Waals surface area contributed by atoms with Gasteiger partial charge >= 0.3 is 6.03 Å². The summed E-state index contributed by atoms with van der Waals surface area (Å²) in [6.07, 6.45) is 4.64. The van der Waals surface area contributed by atoms with Crippen LogP contribution < -0.4 is 20.9 Å². The second-order valence-electron chi connectivity index (χ2n) is 9.71. The number of aromatic amines is 1. The van der Waals surface area contributed by atoms with Gasteiger partial charge in [-0.2, -0.15) is 5.10 Å². The lowest BCUT2D eigenvalue weighted by atomic mass is 9.92. The largest absolute Gasteiger partial charge is 0.455 e. The average Bonchev–Trinajstić information content (AvgIpc) is 3.34. The second kappa shape index (κ2) is 10.6. The van der Waals surface area contributed by atoms with Crippen molar-refractivity contribution >= 4 is 40.5 Å². The Balaban J connectivity index is 1.37. The fourth-order valence-electron chi connectivity index (χ4n) is 3.85. The first kappa shape index (κ1) is 26.0. The van der Waals surface area contributed by atoms with Gasteiger partial charge in [0.2, 0.25) is 0 Å². The molecule has 0 radical (unpaired) electrons. The third-order valence-electron chi connectivity index (χ3n) is 5.81. The van der Waals surface area contributed by atoms with Gasteiger partial charge in [0.25, 0.3) is 5.56 Å². The summed E-state index contributed by atoms with van der Waals surface area (Å²) in [6.45, 7) is 6.23.